The van der Waals surface area contributed by atoms with Crippen LogP contribution in [0.1, 0.15) is 17.4 Å². The normalized spacial score (nSPS) is 14.4. The van der Waals surface area contributed by atoms with Crippen LogP contribution >= 0.6 is 27.3 Å². The van der Waals surface area contributed by atoms with Gasteiger partial charge in [0.2, 0.25) is 0 Å². The third-order valence-electron chi connectivity index (χ3n) is 3.59. The molecule has 20 heavy (non-hydrogen) atoms. The van der Waals surface area contributed by atoms with Crippen molar-refractivity contribution in [3.63, 3.8) is 0 Å². The van der Waals surface area contributed by atoms with Crippen LogP contribution in [0.25, 0.3) is 0 Å². The first-order valence-corrected chi connectivity index (χ1v) is 8.38. The van der Waals surface area contributed by atoms with Gasteiger partial charge in [-0.05, 0) is 34.6 Å². The molecule has 0 aliphatic carbocycles. The summed E-state index contributed by atoms with van der Waals surface area (Å²) in [5, 5.41) is 2.13. The average molecular weight is 353 g/mol. The van der Waals surface area contributed by atoms with Gasteiger partial charge < -0.3 is 10.6 Å². The van der Waals surface area contributed by atoms with Crippen LogP contribution < -0.4 is 5.73 Å². The van der Waals surface area contributed by atoms with Crippen LogP contribution in [0.4, 0.5) is 0 Å². The van der Waals surface area contributed by atoms with Crippen molar-refractivity contribution in [2.24, 2.45) is 5.73 Å². The highest BCUT2D eigenvalue weighted by molar-refractivity contribution is 9.10. The number of nitrogens with two attached hydrogens (primary N) is 1. The Morgan fingerprint density at radius 1 is 1.30 bits per heavy atom. The second-order valence-electron chi connectivity index (χ2n) is 5.53. The minimum Gasteiger partial charge on any atom is -0.330 e. The summed E-state index contributed by atoms with van der Waals surface area (Å²) in [6, 6.07) is 12.7. The van der Waals surface area contributed by atoms with Crippen LogP contribution in [0, 0.1) is 0 Å². The Labute approximate surface area is 133 Å². The van der Waals surface area contributed by atoms with Crippen LogP contribution in [0.15, 0.2) is 46.3 Å². The minimum atomic E-state index is -0.00942. The topological polar surface area (TPSA) is 29.3 Å². The summed E-state index contributed by atoms with van der Waals surface area (Å²) in [4.78, 5) is 3.71. The van der Waals surface area contributed by atoms with E-state index in [2.05, 4.69) is 70.5 Å². The first-order chi connectivity index (χ1) is 9.53. The van der Waals surface area contributed by atoms with Gasteiger partial charge in [-0.3, -0.25) is 0 Å². The lowest BCUT2D eigenvalue weighted by molar-refractivity contribution is 0.254. The molecule has 0 radical (unpaired) electrons. The molecular formula is C16H21BrN2S. The summed E-state index contributed by atoms with van der Waals surface area (Å²) in [7, 11) is 2.16. The third kappa shape index (κ3) is 3.92. The SMILES string of the molecule is CN(Cc1cc(Br)cs1)CC(C)(CN)c1ccccc1. The Balaban J connectivity index is 2.06. The Bertz CT molecular complexity index is 540. The zero-order valence-corrected chi connectivity index (χ0v) is 14.4. The monoisotopic (exact) mass is 352 g/mol. The van der Waals surface area contributed by atoms with Gasteiger partial charge in [-0.15, -0.1) is 11.3 Å². The number of nitrogens with zero attached hydrogens (tertiary/aromatic N) is 1. The summed E-state index contributed by atoms with van der Waals surface area (Å²) in [6.45, 7) is 4.79. The summed E-state index contributed by atoms with van der Waals surface area (Å²) < 4.78 is 1.16. The van der Waals surface area contributed by atoms with Gasteiger partial charge in [0.05, 0.1) is 0 Å². The fourth-order valence-corrected chi connectivity index (χ4v) is 4.00. The van der Waals surface area contributed by atoms with Crippen molar-refractivity contribution < 1.29 is 0 Å². The molecule has 2 N–H and O–H groups in total. The standard InChI is InChI=1S/C16H21BrN2S/c1-16(11-18,13-6-4-3-5-7-13)12-19(2)9-15-8-14(17)10-20-15/h3-8,10H,9,11-12,18H2,1-2H3. The van der Waals surface area contributed by atoms with Crippen molar-refractivity contribution in [2.45, 2.75) is 18.9 Å². The van der Waals surface area contributed by atoms with Gasteiger partial charge in [0.15, 0.2) is 0 Å². The number of thiophene rings is 1. The number of hydrogen-bond acceptors (Lipinski definition) is 3. The van der Waals surface area contributed by atoms with Crippen molar-refractivity contribution in [2.75, 3.05) is 20.1 Å². The number of halogens is 1. The van der Waals surface area contributed by atoms with Crippen LogP contribution in [0.5, 0.6) is 0 Å². The molecule has 2 rings (SSSR count). The van der Waals surface area contributed by atoms with Crippen molar-refractivity contribution >= 4 is 27.3 Å². The van der Waals surface area contributed by atoms with E-state index in [4.69, 9.17) is 5.73 Å². The molecular weight excluding hydrogens is 332 g/mol. The fourth-order valence-electron chi connectivity index (χ4n) is 2.47. The second kappa shape index (κ2) is 6.85. The smallest absolute Gasteiger partial charge is 0.0325 e. The minimum absolute atomic E-state index is 0.00942. The number of benzene rings is 1. The van der Waals surface area contributed by atoms with E-state index in [-0.39, 0.29) is 5.41 Å². The van der Waals surface area contributed by atoms with E-state index in [0.717, 1.165) is 17.6 Å². The van der Waals surface area contributed by atoms with E-state index < -0.39 is 0 Å². The summed E-state index contributed by atoms with van der Waals surface area (Å²) >= 11 is 5.29. The highest BCUT2D eigenvalue weighted by Crippen LogP contribution is 2.25. The van der Waals surface area contributed by atoms with Crippen molar-refractivity contribution in [1.82, 2.24) is 4.90 Å². The summed E-state index contributed by atoms with van der Waals surface area (Å²) in [5.41, 5.74) is 7.35. The maximum Gasteiger partial charge on any atom is 0.0325 e. The number of likely N-dealkylation sites (N-methyl/N-ethyl adjacent to an activating group) is 1. The zero-order valence-electron chi connectivity index (χ0n) is 12.0. The second-order valence-corrected chi connectivity index (χ2v) is 7.45. The molecule has 0 spiro atoms. The average Bonchev–Trinajstić information content (AvgIpc) is 2.84. The third-order valence-corrected chi connectivity index (χ3v) is 5.27. The number of rotatable bonds is 6. The van der Waals surface area contributed by atoms with Gasteiger partial charge >= 0.3 is 0 Å². The van der Waals surface area contributed by atoms with Gasteiger partial charge in [0.25, 0.3) is 0 Å². The molecule has 0 fully saturated rings. The van der Waals surface area contributed by atoms with Crippen LogP contribution in [0.2, 0.25) is 0 Å². The molecule has 1 aromatic carbocycles. The summed E-state index contributed by atoms with van der Waals surface area (Å²) in [5.74, 6) is 0. The lowest BCUT2D eigenvalue weighted by Crippen LogP contribution is -2.42. The molecule has 0 saturated carbocycles. The quantitative estimate of drug-likeness (QED) is 0.855. The highest BCUT2D eigenvalue weighted by Gasteiger charge is 2.26. The molecule has 0 amide bonds. The van der Waals surface area contributed by atoms with Crippen molar-refractivity contribution in [3.8, 4) is 0 Å². The molecule has 0 aliphatic heterocycles. The van der Waals surface area contributed by atoms with Crippen LogP contribution in [-0.4, -0.2) is 25.0 Å². The molecule has 4 heteroatoms. The maximum atomic E-state index is 6.05. The van der Waals surface area contributed by atoms with E-state index in [0.29, 0.717) is 6.54 Å². The van der Waals surface area contributed by atoms with Crippen LogP contribution in [0.3, 0.4) is 0 Å². The van der Waals surface area contributed by atoms with E-state index >= 15 is 0 Å². The van der Waals surface area contributed by atoms with Gasteiger partial charge in [0.1, 0.15) is 0 Å². The molecule has 1 aromatic heterocycles. The Morgan fingerprint density at radius 2 is 2.00 bits per heavy atom. The first kappa shape index (κ1) is 15.7. The first-order valence-electron chi connectivity index (χ1n) is 6.70. The molecule has 0 saturated heterocycles. The Hall–Kier alpha value is -0.680. The molecule has 1 unspecified atom stereocenters. The summed E-state index contributed by atoms with van der Waals surface area (Å²) in [6.07, 6.45) is 0. The Morgan fingerprint density at radius 3 is 2.55 bits per heavy atom. The maximum absolute atomic E-state index is 6.05. The van der Waals surface area contributed by atoms with Crippen LogP contribution in [-0.2, 0) is 12.0 Å². The van der Waals surface area contributed by atoms with Gasteiger partial charge in [-0.2, -0.15) is 0 Å². The predicted octanol–water partition coefficient (Wildman–Crippen LogP) is 3.86. The van der Waals surface area contributed by atoms with Gasteiger partial charge in [-0.25, -0.2) is 0 Å². The molecule has 0 bridgehead atoms. The lowest BCUT2D eigenvalue weighted by atomic mass is 9.82. The molecule has 1 atom stereocenters. The van der Waals surface area contributed by atoms with E-state index in [1.165, 1.54) is 10.4 Å². The van der Waals surface area contributed by atoms with Gasteiger partial charge in [-0.1, -0.05) is 37.3 Å². The lowest BCUT2D eigenvalue weighted by Gasteiger charge is -2.33. The predicted molar refractivity (Wildman–Crippen MR) is 91.2 cm³/mol. The molecule has 2 aromatic rings. The van der Waals surface area contributed by atoms with E-state index in [1.54, 1.807) is 11.3 Å². The highest BCUT2D eigenvalue weighted by atomic mass is 79.9. The number of hydrogen-bond donors (Lipinski definition) is 1. The molecule has 1 heterocycles. The van der Waals surface area contributed by atoms with Gasteiger partial charge in [0, 0.05) is 39.8 Å². The molecule has 0 aliphatic rings. The van der Waals surface area contributed by atoms with E-state index in [9.17, 15) is 0 Å². The zero-order chi connectivity index (χ0) is 14.6. The fraction of sp³-hybridized carbons (Fsp3) is 0.375. The molecule has 2 nitrogen and oxygen atoms in total. The largest absolute Gasteiger partial charge is 0.330 e. The van der Waals surface area contributed by atoms with Crippen molar-refractivity contribution in [1.29, 1.82) is 0 Å². The Kier molecular flexibility index (Phi) is 5.38. The van der Waals surface area contributed by atoms with Crippen molar-refractivity contribution in [3.05, 3.63) is 56.7 Å². The van der Waals surface area contributed by atoms with E-state index in [1.807, 2.05) is 6.07 Å². The molecule has 108 valence electrons.